The fourth-order valence-corrected chi connectivity index (χ4v) is 2.76. The topological polar surface area (TPSA) is 59.2 Å². The van der Waals surface area contributed by atoms with Crippen molar-refractivity contribution >= 4 is 34.1 Å². The van der Waals surface area contributed by atoms with E-state index in [2.05, 4.69) is 9.88 Å². The first-order valence-electron chi connectivity index (χ1n) is 6.24. The Morgan fingerprint density at radius 3 is 2.95 bits per heavy atom. The highest BCUT2D eigenvalue weighted by Gasteiger charge is 2.27. The molecule has 19 heavy (non-hydrogen) atoms. The van der Waals surface area contributed by atoms with E-state index in [9.17, 15) is 4.79 Å². The molecule has 98 valence electrons. The molecule has 5 heteroatoms. The summed E-state index contributed by atoms with van der Waals surface area (Å²) >= 11 is 6.21. The number of rotatable bonds is 2. The summed E-state index contributed by atoms with van der Waals surface area (Å²) in [6.45, 7) is 1.41. The Labute approximate surface area is 116 Å². The lowest BCUT2D eigenvalue weighted by atomic mass is 10.1. The second-order valence-corrected chi connectivity index (χ2v) is 5.18. The standard InChI is InChI=1S/C14H14ClN3O/c15-13-11-4-2-1-3-9(11)7-12(17-13)18-6-5-10(8-18)14(16)19/h1-4,7,10H,5-6,8H2,(H2,16,19)/t10-/m1/s1. The molecule has 0 saturated carbocycles. The van der Waals surface area contributed by atoms with Crippen molar-refractivity contribution < 1.29 is 4.79 Å². The summed E-state index contributed by atoms with van der Waals surface area (Å²) in [5, 5.41) is 2.49. The molecule has 1 aromatic heterocycles. The van der Waals surface area contributed by atoms with Gasteiger partial charge in [0.1, 0.15) is 11.0 Å². The van der Waals surface area contributed by atoms with Gasteiger partial charge in [0.25, 0.3) is 0 Å². The van der Waals surface area contributed by atoms with Crippen LogP contribution in [0.5, 0.6) is 0 Å². The normalized spacial score (nSPS) is 19.0. The number of carbonyl (C=O) groups excluding carboxylic acids is 1. The van der Waals surface area contributed by atoms with E-state index in [0.717, 1.165) is 29.6 Å². The van der Waals surface area contributed by atoms with Gasteiger partial charge in [-0.15, -0.1) is 0 Å². The summed E-state index contributed by atoms with van der Waals surface area (Å²) in [5.74, 6) is 0.480. The third-order valence-electron chi connectivity index (χ3n) is 3.59. The Morgan fingerprint density at radius 1 is 1.42 bits per heavy atom. The number of carbonyl (C=O) groups is 1. The van der Waals surface area contributed by atoms with Crippen LogP contribution in [0.1, 0.15) is 6.42 Å². The van der Waals surface area contributed by atoms with Gasteiger partial charge in [-0.05, 0) is 17.9 Å². The van der Waals surface area contributed by atoms with Gasteiger partial charge < -0.3 is 10.6 Å². The zero-order chi connectivity index (χ0) is 13.4. The Kier molecular flexibility index (Phi) is 3.03. The second kappa shape index (κ2) is 4.70. The van der Waals surface area contributed by atoms with E-state index >= 15 is 0 Å². The summed E-state index contributed by atoms with van der Waals surface area (Å²) in [4.78, 5) is 17.7. The number of aromatic nitrogens is 1. The van der Waals surface area contributed by atoms with Crippen LogP contribution in [-0.4, -0.2) is 24.0 Å². The molecule has 1 saturated heterocycles. The second-order valence-electron chi connectivity index (χ2n) is 4.83. The van der Waals surface area contributed by atoms with Crippen molar-refractivity contribution in [3.05, 3.63) is 35.5 Å². The van der Waals surface area contributed by atoms with E-state index in [1.165, 1.54) is 0 Å². The summed E-state index contributed by atoms with van der Waals surface area (Å²) in [6, 6.07) is 9.87. The van der Waals surface area contributed by atoms with Crippen LogP contribution in [0.15, 0.2) is 30.3 Å². The number of anilines is 1. The van der Waals surface area contributed by atoms with Gasteiger partial charge in [-0.25, -0.2) is 4.98 Å². The zero-order valence-electron chi connectivity index (χ0n) is 10.3. The van der Waals surface area contributed by atoms with Gasteiger partial charge in [0.2, 0.25) is 5.91 Å². The lowest BCUT2D eigenvalue weighted by molar-refractivity contribution is -0.121. The van der Waals surface area contributed by atoms with E-state index in [0.29, 0.717) is 11.7 Å². The van der Waals surface area contributed by atoms with Crippen molar-refractivity contribution in [1.29, 1.82) is 0 Å². The predicted molar refractivity (Wildman–Crippen MR) is 76.3 cm³/mol. The Morgan fingerprint density at radius 2 is 2.21 bits per heavy atom. The van der Waals surface area contributed by atoms with Crippen LogP contribution in [0.4, 0.5) is 5.82 Å². The highest BCUT2D eigenvalue weighted by molar-refractivity contribution is 6.34. The Hall–Kier alpha value is -1.81. The van der Waals surface area contributed by atoms with Crippen LogP contribution in [0.3, 0.4) is 0 Å². The van der Waals surface area contributed by atoms with Crippen LogP contribution >= 0.6 is 11.6 Å². The maximum Gasteiger partial charge on any atom is 0.222 e. The van der Waals surface area contributed by atoms with E-state index in [1.807, 2.05) is 30.3 Å². The van der Waals surface area contributed by atoms with Crippen molar-refractivity contribution in [3.8, 4) is 0 Å². The Bertz CT molecular complexity index is 644. The molecular weight excluding hydrogens is 262 g/mol. The minimum Gasteiger partial charge on any atom is -0.369 e. The van der Waals surface area contributed by atoms with Gasteiger partial charge in [-0.1, -0.05) is 35.9 Å². The predicted octanol–water partition coefficient (Wildman–Crippen LogP) is 2.20. The maximum absolute atomic E-state index is 11.2. The molecule has 2 heterocycles. The molecule has 1 amide bonds. The van der Waals surface area contributed by atoms with E-state index in [4.69, 9.17) is 17.3 Å². The molecule has 2 N–H and O–H groups in total. The number of hydrogen-bond acceptors (Lipinski definition) is 3. The number of benzene rings is 1. The average Bonchev–Trinajstić information content (AvgIpc) is 2.88. The van der Waals surface area contributed by atoms with E-state index < -0.39 is 0 Å². The Balaban J connectivity index is 1.96. The highest BCUT2D eigenvalue weighted by atomic mass is 35.5. The first kappa shape index (κ1) is 12.2. The lowest BCUT2D eigenvalue weighted by Gasteiger charge is -2.18. The SMILES string of the molecule is NC(=O)[C@@H]1CCN(c2cc3ccccc3c(Cl)n2)C1. The average molecular weight is 276 g/mol. The smallest absolute Gasteiger partial charge is 0.222 e. The van der Waals surface area contributed by atoms with Crippen LogP contribution in [0.25, 0.3) is 10.8 Å². The molecule has 0 spiro atoms. The largest absolute Gasteiger partial charge is 0.369 e. The lowest BCUT2D eigenvalue weighted by Crippen LogP contribution is -2.27. The van der Waals surface area contributed by atoms with Crippen LogP contribution in [0.2, 0.25) is 5.15 Å². The van der Waals surface area contributed by atoms with E-state index in [1.54, 1.807) is 0 Å². The van der Waals surface area contributed by atoms with Gasteiger partial charge in [0, 0.05) is 18.5 Å². The zero-order valence-corrected chi connectivity index (χ0v) is 11.1. The summed E-state index contributed by atoms with van der Waals surface area (Å²) in [7, 11) is 0. The van der Waals surface area contributed by atoms with E-state index in [-0.39, 0.29) is 11.8 Å². The molecule has 1 aliphatic heterocycles. The van der Waals surface area contributed by atoms with Gasteiger partial charge >= 0.3 is 0 Å². The number of primary amides is 1. The van der Waals surface area contributed by atoms with Gasteiger partial charge in [-0.3, -0.25) is 4.79 Å². The molecule has 1 fully saturated rings. The minimum absolute atomic E-state index is 0.0907. The molecule has 1 aromatic carbocycles. The highest BCUT2D eigenvalue weighted by Crippen LogP contribution is 2.29. The summed E-state index contributed by atoms with van der Waals surface area (Å²) in [5.41, 5.74) is 5.35. The van der Waals surface area contributed by atoms with Crippen molar-refractivity contribution in [1.82, 2.24) is 4.98 Å². The summed E-state index contributed by atoms with van der Waals surface area (Å²) in [6.07, 6.45) is 0.779. The van der Waals surface area contributed by atoms with Crippen molar-refractivity contribution in [2.75, 3.05) is 18.0 Å². The van der Waals surface area contributed by atoms with Crippen LogP contribution < -0.4 is 10.6 Å². The van der Waals surface area contributed by atoms with Gasteiger partial charge in [0.05, 0.1) is 5.92 Å². The number of amides is 1. The number of nitrogens with zero attached hydrogens (tertiary/aromatic N) is 2. The van der Waals surface area contributed by atoms with Crippen molar-refractivity contribution in [2.45, 2.75) is 6.42 Å². The number of nitrogens with two attached hydrogens (primary N) is 1. The number of halogens is 1. The molecular formula is C14H14ClN3O. The molecule has 0 radical (unpaired) electrons. The fourth-order valence-electron chi connectivity index (χ4n) is 2.51. The molecule has 0 unspecified atom stereocenters. The monoisotopic (exact) mass is 275 g/mol. The van der Waals surface area contributed by atoms with Crippen LogP contribution in [-0.2, 0) is 4.79 Å². The molecule has 2 aromatic rings. The molecule has 0 bridgehead atoms. The van der Waals surface area contributed by atoms with Crippen LogP contribution in [0, 0.1) is 5.92 Å². The third kappa shape index (κ3) is 2.24. The quantitative estimate of drug-likeness (QED) is 0.855. The molecule has 0 aliphatic carbocycles. The number of pyridine rings is 1. The van der Waals surface area contributed by atoms with Gasteiger partial charge in [-0.2, -0.15) is 0 Å². The first-order valence-corrected chi connectivity index (χ1v) is 6.62. The summed E-state index contributed by atoms with van der Waals surface area (Å²) < 4.78 is 0. The number of fused-ring (bicyclic) bond motifs is 1. The number of hydrogen-bond donors (Lipinski definition) is 1. The fraction of sp³-hybridized carbons (Fsp3) is 0.286. The maximum atomic E-state index is 11.2. The molecule has 3 rings (SSSR count). The molecule has 1 aliphatic rings. The van der Waals surface area contributed by atoms with Crippen molar-refractivity contribution in [2.24, 2.45) is 11.7 Å². The molecule has 4 nitrogen and oxygen atoms in total. The van der Waals surface area contributed by atoms with Gasteiger partial charge in [0.15, 0.2) is 0 Å². The minimum atomic E-state index is -0.241. The van der Waals surface area contributed by atoms with Crippen molar-refractivity contribution in [3.63, 3.8) is 0 Å². The molecule has 1 atom stereocenters. The first-order chi connectivity index (χ1) is 9.15. The third-order valence-corrected chi connectivity index (χ3v) is 3.88.